The van der Waals surface area contributed by atoms with Crippen LogP contribution in [0.4, 0.5) is 0 Å². The Morgan fingerprint density at radius 3 is 2.57 bits per heavy atom. The molecule has 146 valence electrons. The third-order valence-corrected chi connectivity index (χ3v) is 5.35. The first-order chi connectivity index (χ1) is 13.6. The van der Waals surface area contributed by atoms with E-state index in [-0.39, 0.29) is 5.91 Å². The number of aryl methyl sites for hydroxylation is 2. The Bertz CT molecular complexity index is 934. The Hall–Kier alpha value is -2.60. The van der Waals surface area contributed by atoms with Gasteiger partial charge in [0.05, 0.1) is 5.75 Å². The van der Waals surface area contributed by atoms with Crippen molar-refractivity contribution in [1.29, 1.82) is 0 Å². The highest BCUT2D eigenvalue weighted by molar-refractivity contribution is 7.99. The van der Waals surface area contributed by atoms with Gasteiger partial charge in [-0.1, -0.05) is 72.3 Å². The van der Waals surface area contributed by atoms with Crippen molar-refractivity contribution in [2.24, 2.45) is 0 Å². The molecule has 1 N–H and O–H groups in total. The number of hydrogen-bond donors (Lipinski definition) is 1. The van der Waals surface area contributed by atoms with Gasteiger partial charge in [0.25, 0.3) is 0 Å². The second kappa shape index (κ2) is 9.55. The number of hydrogen-bond acceptors (Lipinski definition) is 4. The predicted molar refractivity (Wildman–Crippen MR) is 114 cm³/mol. The van der Waals surface area contributed by atoms with Crippen LogP contribution in [-0.2, 0) is 17.9 Å². The number of aromatic nitrogens is 3. The van der Waals surface area contributed by atoms with Crippen LogP contribution < -0.4 is 5.32 Å². The molecule has 3 aromatic rings. The molecule has 0 bridgehead atoms. The standard InChI is InChI=1S/C22H26N4OS/c1-4-12-26-21(19-7-5-6-17(3)13-19)24-25-22(26)28-15-20(27)23-14-18-10-8-16(2)9-11-18/h5-11,13H,4,12,14-15H2,1-3H3,(H,23,27). The van der Waals surface area contributed by atoms with E-state index in [2.05, 4.69) is 65.1 Å². The van der Waals surface area contributed by atoms with Gasteiger partial charge < -0.3 is 9.88 Å². The number of thioether (sulfide) groups is 1. The van der Waals surface area contributed by atoms with Gasteiger partial charge in [-0.3, -0.25) is 4.79 Å². The smallest absolute Gasteiger partial charge is 0.230 e. The molecule has 0 saturated heterocycles. The Labute approximate surface area is 170 Å². The molecule has 0 fully saturated rings. The lowest BCUT2D eigenvalue weighted by molar-refractivity contribution is -0.118. The number of amides is 1. The van der Waals surface area contributed by atoms with E-state index in [0.29, 0.717) is 12.3 Å². The van der Waals surface area contributed by atoms with Gasteiger partial charge in [-0.25, -0.2) is 0 Å². The van der Waals surface area contributed by atoms with E-state index < -0.39 is 0 Å². The van der Waals surface area contributed by atoms with Crippen LogP contribution >= 0.6 is 11.8 Å². The predicted octanol–water partition coefficient (Wildman–Crippen LogP) is 4.38. The second-order valence-electron chi connectivity index (χ2n) is 6.88. The molecule has 0 aliphatic heterocycles. The summed E-state index contributed by atoms with van der Waals surface area (Å²) < 4.78 is 2.10. The number of rotatable bonds is 8. The first-order valence-corrected chi connectivity index (χ1v) is 10.5. The van der Waals surface area contributed by atoms with E-state index >= 15 is 0 Å². The van der Waals surface area contributed by atoms with Crippen LogP contribution in [0.5, 0.6) is 0 Å². The molecule has 1 heterocycles. The summed E-state index contributed by atoms with van der Waals surface area (Å²) in [4.78, 5) is 12.3. The van der Waals surface area contributed by atoms with Crippen LogP contribution in [0.25, 0.3) is 11.4 Å². The zero-order valence-electron chi connectivity index (χ0n) is 16.6. The van der Waals surface area contributed by atoms with Crippen molar-refractivity contribution in [2.75, 3.05) is 5.75 Å². The van der Waals surface area contributed by atoms with Crippen molar-refractivity contribution in [3.8, 4) is 11.4 Å². The van der Waals surface area contributed by atoms with Crippen LogP contribution in [0.15, 0.2) is 53.7 Å². The average molecular weight is 395 g/mol. The van der Waals surface area contributed by atoms with E-state index in [4.69, 9.17) is 0 Å². The minimum Gasteiger partial charge on any atom is -0.351 e. The highest BCUT2D eigenvalue weighted by Crippen LogP contribution is 2.25. The summed E-state index contributed by atoms with van der Waals surface area (Å²) in [6, 6.07) is 16.4. The number of benzene rings is 2. The van der Waals surface area contributed by atoms with Crippen LogP contribution in [0.2, 0.25) is 0 Å². The summed E-state index contributed by atoms with van der Waals surface area (Å²) in [6.45, 7) is 7.61. The fourth-order valence-electron chi connectivity index (χ4n) is 2.91. The fourth-order valence-corrected chi connectivity index (χ4v) is 3.70. The molecule has 0 aliphatic rings. The third kappa shape index (κ3) is 5.23. The molecular formula is C22H26N4OS. The molecule has 5 nitrogen and oxygen atoms in total. The van der Waals surface area contributed by atoms with E-state index in [1.807, 2.05) is 24.3 Å². The van der Waals surface area contributed by atoms with Gasteiger partial charge in [-0.2, -0.15) is 0 Å². The van der Waals surface area contributed by atoms with Gasteiger partial charge in [0.15, 0.2) is 11.0 Å². The highest BCUT2D eigenvalue weighted by Gasteiger charge is 2.15. The SMILES string of the molecule is CCCn1c(SCC(=O)NCc2ccc(C)cc2)nnc1-c1cccc(C)c1. The molecule has 0 radical (unpaired) electrons. The summed E-state index contributed by atoms with van der Waals surface area (Å²) in [6.07, 6.45) is 0.976. The molecule has 0 unspecified atom stereocenters. The Morgan fingerprint density at radius 1 is 1.07 bits per heavy atom. The minimum atomic E-state index is -0.00581. The number of carbonyl (C=O) groups is 1. The molecule has 0 saturated carbocycles. The number of nitrogens with one attached hydrogen (secondary N) is 1. The zero-order valence-corrected chi connectivity index (χ0v) is 17.4. The van der Waals surface area contributed by atoms with Crippen LogP contribution in [0.1, 0.15) is 30.0 Å². The normalized spacial score (nSPS) is 10.8. The van der Waals surface area contributed by atoms with E-state index in [9.17, 15) is 4.79 Å². The van der Waals surface area contributed by atoms with Crippen molar-refractivity contribution in [1.82, 2.24) is 20.1 Å². The van der Waals surface area contributed by atoms with Crippen molar-refractivity contribution >= 4 is 17.7 Å². The molecule has 3 rings (SSSR count). The molecule has 0 atom stereocenters. The van der Waals surface area contributed by atoms with E-state index in [1.165, 1.54) is 22.9 Å². The summed E-state index contributed by atoms with van der Waals surface area (Å²) in [7, 11) is 0. The van der Waals surface area contributed by atoms with E-state index in [1.54, 1.807) is 0 Å². The quantitative estimate of drug-likeness (QED) is 0.576. The number of carbonyl (C=O) groups excluding carboxylic acids is 1. The zero-order chi connectivity index (χ0) is 19.9. The highest BCUT2D eigenvalue weighted by atomic mass is 32.2. The van der Waals surface area contributed by atoms with Gasteiger partial charge in [0.1, 0.15) is 0 Å². The van der Waals surface area contributed by atoms with E-state index in [0.717, 1.165) is 35.1 Å². The summed E-state index contributed by atoms with van der Waals surface area (Å²) >= 11 is 1.43. The Balaban J connectivity index is 1.63. The molecule has 1 aromatic heterocycles. The van der Waals surface area contributed by atoms with Crippen molar-refractivity contribution in [2.45, 2.75) is 45.4 Å². The Kier molecular flexibility index (Phi) is 6.87. The maximum absolute atomic E-state index is 12.3. The van der Waals surface area contributed by atoms with Crippen molar-refractivity contribution < 1.29 is 4.79 Å². The minimum absolute atomic E-state index is 0.00581. The summed E-state index contributed by atoms with van der Waals surface area (Å²) in [5, 5.41) is 12.5. The lowest BCUT2D eigenvalue weighted by Gasteiger charge is -2.09. The van der Waals surface area contributed by atoms with Crippen LogP contribution in [0, 0.1) is 13.8 Å². The maximum atomic E-state index is 12.3. The third-order valence-electron chi connectivity index (χ3n) is 4.38. The second-order valence-corrected chi connectivity index (χ2v) is 7.82. The van der Waals surface area contributed by atoms with Gasteiger partial charge in [0, 0.05) is 18.7 Å². The van der Waals surface area contributed by atoms with Gasteiger partial charge in [0.2, 0.25) is 5.91 Å². The molecule has 0 spiro atoms. The molecular weight excluding hydrogens is 368 g/mol. The maximum Gasteiger partial charge on any atom is 0.230 e. The van der Waals surface area contributed by atoms with Crippen LogP contribution in [-0.4, -0.2) is 26.4 Å². The molecule has 1 amide bonds. The first kappa shape index (κ1) is 20.1. The summed E-state index contributed by atoms with van der Waals surface area (Å²) in [5.41, 5.74) is 4.55. The lowest BCUT2D eigenvalue weighted by atomic mass is 10.1. The first-order valence-electron chi connectivity index (χ1n) is 9.52. The lowest BCUT2D eigenvalue weighted by Crippen LogP contribution is -2.24. The summed E-state index contributed by atoms with van der Waals surface area (Å²) in [5.74, 6) is 1.17. The molecule has 6 heteroatoms. The van der Waals surface area contributed by atoms with Gasteiger partial charge in [-0.15, -0.1) is 10.2 Å². The largest absolute Gasteiger partial charge is 0.351 e. The molecule has 28 heavy (non-hydrogen) atoms. The van der Waals surface area contributed by atoms with Crippen molar-refractivity contribution in [3.05, 3.63) is 65.2 Å². The fraction of sp³-hybridized carbons (Fsp3) is 0.318. The van der Waals surface area contributed by atoms with Crippen LogP contribution in [0.3, 0.4) is 0 Å². The molecule has 2 aromatic carbocycles. The Morgan fingerprint density at radius 2 is 1.86 bits per heavy atom. The van der Waals surface area contributed by atoms with Gasteiger partial charge in [-0.05, 0) is 31.9 Å². The molecule has 0 aliphatic carbocycles. The monoisotopic (exact) mass is 394 g/mol. The topological polar surface area (TPSA) is 59.8 Å². The number of nitrogens with zero attached hydrogens (tertiary/aromatic N) is 3. The van der Waals surface area contributed by atoms with Crippen molar-refractivity contribution in [3.63, 3.8) is 0 Å². The average Bonchev–Trinajstić information content (AvgIpc) is 3.09. The van der Waals surface area contributed by atoms with Gasteiger partial charge >= 0.3 is 0 Å².